The van der Waals surface area contributed by atoms with Gasteiger partial charge in [0.25, 0.3) is 0 Å². The van der Waals surface area contributed by atoms with Gasteiger partial charge in [-0.1, -0.05) is 60.7 Å². The number of likely N-dealkylation sites (N-methyl/N-ethyl adjacent to an activating group) is 1. The van der Waals surface area contributed by atoms with Crippen LogP contribution in [0.2, 0.25) is 0 Å². The summed E-state index contributed by atoms with van der Waals surface area (Å²) >= 11 is 3.26. The Labute approximate surface area is 172 Å². The average molecular weight is 439 g/mol. The second-order valence-electron chi connectivity index (χ2n) is 6.14. The van der Waals surface area contributed by atoms with Gasteiger partial charge in [0.2, 0.25) is 5.91 Å². The maximum Gasteiger partial charge on any atom is 0.358 e. The van der Waals surface area contributed by atoms with Crippen LogP contribution in [0.15, 0.2) is 77.4 Å². The number of esters is 1. The van der Waals surface area contributed by atoms with Crippen LogP contribution >= 0.6 is 15.9 Å². The highest BCUT2D eigenvalue weighted by Crippen LogP contribution is 2.30. The van der Waals surface area contributed by atoms with E-state index in [0.717, 1.165) is 11.1 Å². The topological polar surface area (TPSA) is 59.5 Å². The highest BCUT2D eigenvalue weighted by Gasteiger charge is 2.29. The Morgan fingerprint density at radius 3 is 1.96 bits per heavy atom. The summed E-state index contributed by atoms with van der Waals surface area (Å²) in [5.74, 6) is -1.29. The van der Waals surface area contributed by atoms with Gasteiger partial charge >= 0.3 is 5.97 Å². The molecule has 0 aliphatic rings. The zero-order valence-electron chi connectivity index (χ0n) is 15.5. The number of carbonyl (C=O) groups excluding carboxylic acids is 2. The van der Waals surface area contributed by atoms with Crippen LogP contribution in [-0.2, 0) is 9.53 Å². The molecule has 5 nitrogen and oxygen atoms in total. The van der Waals surface area contributed by atoms with Gasteiger partial charge in [0.15, 0.2) is 5.69 Å². The fraction of sp³-hybridized carbons (Fsp3) is 0.136. The number of aromatic nitrogens is 1. The first-order chi connectivity index (χ1) is 13.5. The lowest BCUT2D eigenvalue weighted by molar-refractivity contribution is -0.118. The van der Waals surface area contributed by atoms with E-state index < -0.39 is 11.9 Å². The molecule has 3 aromatic rings. The molecule has 2 aromatic carbocycles. The summed E-state index contributed by atoms with van der Waals surface area (Å²) in [4.78, 5) is 31.4. The van der Waals surface area contributed by atoms with Crippen molar-refractivity contribution in [3.8, 4) is 0 Å². The third-order valence-corrected chi connectivity index (χ3v) is 4.87. The normalized spacial score (nSPS) is 10.6. The number of amides is 1. The summed E-state index contributed by atoms with van der Waals surface area (Å²) in [5.41, 5.74) is 2.20. The van der Waals surface area contributed by atoms with E-state index in [4.69, 9.17) is 4.74 Å². The highest BCUT2D eigenvalue weighted by molar-refractivity contribution is 9.10. The SMILES string of the molecule is COC(=O)c1nc(Br)ccc1N(C)C(=O)C(c1ccccc1)c1ccccc1. The fourth-order valence-electron chi connectivity index (χ4n) is 3.03. The molecule has 28 heavy (non-hydrogen) atoms. The minimum absolute atomic E-state index is 0.0765. The molecular formula is C22H19BrN2O3. The Bertz CT molecular complexity index is 938. The zero-order valence-corrected chi connectivity index (χ0v) is 17.1. The second-order valence-corrected chi connectivity index (χ2v) is 6.96. The molecule has 0 saturated heterocycles. The number of pyridine rings is 1. The van der Waals surface area contributed by atoms with E-state index >= 15 is 0 Å². The monoisotopic (exact) mass is 438 g/mol. The van der Waals surface area contributed by atoms with Gasteiger partial charge in [0, 0.05) is 7.05 Å². The predicted molar refractivity (Wildman–Crippen MR) is 111 cm³/mol. The Morgan fingerprint density at radius 1 is 0.929 bits per heavy atom. The molecule has 0 spiro atoms. The van der Waals surface area contributed by atoms with Crippen molar-refractivity contribution in [1.29, 1.82) is 0 Å². The Morgan fingerprint density at radius 2 is 1.46 bits per heavy atom. The predicted octanol–water partition coefficient (Wildman–Crippen LogP) is 4.43. The maximum absolute atomic E-state index is 13.5. The molecular weight excluding hydrogens is 420 g/mol. The van der Waals surface area contributed by atoms with Crippen LogP contribution < -0.4 is 4.90 Å². The molecule has 1 amide bonds. The fourth-order valence-corrected chi connectivity index (χ4v) is 3.34. The molecule has 6 heteroatoms. The summed E-state index contributed by atoms with van der Waals surface area (Å²) in [6.07, 6.45) is 0. The number of benzene rings is 2. The molecule has 0 atom stereocenters. The molecule has 0 fully saturated rings. The van der Waals surface area contributed by atoms with Crippen LogP contribution in [0, 0.1) is 0 Å². The number of halogens is 1. The first-order valence-electron chi connectivity index (χ1n) is 8.65. The molecule has 3 rings (SSSR count). The van der Waals surface area contributed by atoms with Crippen LogP contribution in [0.1, 0.15) is 27.5 Å². The van der Waals surface area contributed by atoms with Crippen LogP contribution in [0.5, 0.6) is 0 Å². The van der Waals surface area contributed by atoms with Crippen molar-refractivity contribution in [1.82, 2.24) is 4.98 Å². The van der Waals surface area contributed by atoms with Crippen LogP contribution in [0.25, 0.3) is 0 Å². The van der Waals surface area contributed by atoms with Gasteiger partial charge in [-0.2, -0.15) is 0 Å². The second kappa shape index (κ2) is 8.80. The number of anilines is 1. The van der Waals surface area contributed by atoms with E-state index in [9.17, 15) is 9.59 Å². The van der Waals surface area contributed by atoms with Gasteiger partial charge in [0.05, 0.1) is 18.7 Å². The Balaban J connectivity index is 2.06. The maximum atomic E-state index is 13.5. The van der Waals surface area contributed by atoms with Gasteiger partial charge in [-0.15, -0.1) is 0 Å². The van der Waals surface area contributed by atoms with E-state index in [2.05, 4.69) is 20.9 Å². The van der Waals surface area contributed by atoms with Crippen molar-refractivity contribution in [2.45, 2.75) is 5.92 Å². The minimum Gasteiger partial charge on any atom is -0.464 e. The number of carbonyl (C=O) groups is 2. The van der Waals surface area contributed by atoms with E-state index in [0.29, 0.717) is 10.3 Å². The lowest BCUT2D eigenvalue weighted by Crippen LogP contribution is -2.33. The molecule has 1 heterocycles. The molecule has 0 unspecified atom stereocenters. The van der Waals surface area contributed by atoms with Crippen LogP contribution in [0.3, 0.4) is 0 Å². The largest absolute Gasteiger partial charge is 0.464 e. The molecule has 0 aliphatic carbocycles. The molecule has 0 N–H and O–H groups in total. The lowest BCUT2D eigenvalue weighted by Gasteiger charge is -2.25. The van der Waals surface area contributed by atoms with Crippen molar-refractivity contribution in [2.75, 3.05) is 19.1 Å². The summed E-state index contributed by atoms with van der Waals surface area (Å²) in [7, 11) is 2.92. The zero-order chi connectivity index (χ0) is 20.1. The first kappa shape index (κ1) is 19.8. The molecule has 1 aromatic heterocycles. The molecule has 142 valence electrons. The van der Waals surface area contributed by atoms with Gasteiger partial charge in [-0.25, -0.2) is 9.78 Å². The van der Waals surface area contributed by atoms with Crippen molar-refractivity contribution < 1.29 is 14.3 Å². The number of ether oxygens (including phenoxy) is 1. The molecule has 0 radical (unpaired) electrons. The Hall–Kier alpha value is -2.99. The van der Waals surface area contributed by atoms with Gasteiger partial charge < -0.3 is 9.64 Å². The smallest absolute Gasteiger partial charge is 0.358 e. The average Bonchev–Trinajstić information content (AvgIpc) is 2.74. The number of hydrogen-bond acceptors (Lipinski definition) is 4. The van der Waals surface area contributed by atoms with Gasteiger partial charge in [-0.3, -0.25) is 4.79 Å². The van der Waals surface area contributed by atoms with E-state index in [1.54, 1.807) is 19.2 Å². The van der Waals surface area contributed by atoms with Crippen molar-refractivity contribution in [3.05, 3.63) is 94.2 Å². The number of methoxy groups -OCH3 is 1. The molecule has 0 bridgehead atoms. The van der Waals surface area contributed by atoms with E-state index in [1.165, 1.54) is 12.0 Å². The van der Waals surface area contributed by atoms with E-state index in [-0.39, 0.29) is 11.6 Å². The summed E-state index contributed by atoms with van der Waals surface area (Å²) in [6, 6.07) is 22.5. The lowest BCUT2D eigenvalue weighted by atomic mass is 9.90. The minimum atomic E-state index is -0.605. The third-order valence-electron chi connectivity index (χ3n) is 4.42. The molecule has 0 saturated carbocycles. The highest BCUT2D eigenvalue weighted by atomic mass is 79.9. The first-order valence-corrected chi connectivity index (χ1v) is 9.44. The number of rotatable bonds is 5. The quantitative estimate of drug-likeness (QED) is 0.436. The summed E-state index contributed by atoms with van der Waals surface area (Å²) in [6.45, 7) is 0. The standard InChI is InChI=1S/C22H19BrN2O3/c1-25(17-13-14-18(23)24-20(17)22(27)28-2)21(26)19(15-9-5-3-6-10-15)16-11-7-4-8-12-16/h3-14,19H,1-2H3. The van der Waals surface area contributed by atoms with Gasteiger partial charge in [-0.05, 0) is 39.2 Å². The van der Waals surface area contributed by atoms with E-state index in [1.807, 2.05) is 60.7 Å². The van der Waals surface area contributed by atoms with Crippen LogP contribution in [-0.4, -0.2) is 31.0 Å². The number of hydrogen-bond donors (Lipinski definition) is 0. The molecule has 0 aliphatic heterocycles. The number of nitrogens with zero attached hydrogens (tertiary/aromatic N) is 2. The van der Waals surface area contributed by atoms with Crippen molar-refractivity contribution in [2.24, 2.45) is 0 Å². The van der Waals surface area contributed by atoms with Crippen molar-refractivity contribution in [3.63, 3.8) is 0 Å². The summed E-state index contributed by atoms with van der Waals surface area (Å²) in [5, 5.41) is 0. The van der Waals surface area contributed by atoms with Crippen LogP contribution in [0.4, 0.5) is 5.69 Å². The van der Waals surface area contributed by atoms with Crippen molar-refractivity contribution >= 4 is 33.5 Å². The third kappa shape index (κ3) is 4.12. The van der Waals surface area contributed by atoms with Gasteiger partial charge in [0.1, 0.15) is 4.60 Å². The Kier molecular flexibility index (Phi) is 6.21. The summed E-state index contributed by atoms with van der Waals surface area (Å²) < 4.78 is 5.32.